The summed E-state index contributed by atoms with van der Waals surface area (Å²) in [6.45, 7) is 0. The third-order valence-corrected chi connectivity index (χ3v) is 5.44. The van der Waals surface area contributed by atoms with Crippen LogP contribution in [0.25, 0.3) is 0 Å². The number of carbonyl (C=O) groups is 2. The number of halogens is 4. The van der Waals surface area contributed by atoms with E-state index in [1.165, 1.54) is 29.6 Å². The van der Waals surface area contributed by atoms with E-state index in [1.807, 2.05) is 0 Å². The molecule has 3 N–H and O–H groups in total. The molecule has 0 spiro atoms. The van der Waals surface area contributed by atoms with Gasteiger partial charge in [0.1, 0.15) is 5.92 Å². The van der Waals surface area contributed by atoms with Crippen molar-refractivity contribution in [3.8, 4) is 0 Å². The average molecular weight is 449 g/mol. The number of hydrogen-bond donors (Lipinski definition) is 3. The van der Waals surface area contributed by atoms with Gasteiger partial charge in [-0.1, -0.05) is 34.1 Å². The molecule has 10 heteroatoms. The lowest BCUT2D eigenvalue weighted by molar-refractivity contribution is -0.287. The molecule has 1 aromatic carbocycles. The first-order chi connectivity index (χ1) is 12.1. The number of hydrogen-bond acceptors (Lipinski definition) is 4. The average Bonchev–Trinajstić information content (AvgIpc) is 3.07. The van der Waals surface area contributed by atoms with E-state index in [9.17, 15) is 27.9 Å². The summed E-state index contributed by atoms with van der Waals surface area (Å²) >= 11 is 4.17. The quantitative estimate of drug-likeness (QED) is 0.627. The Bertz CT molecular complexity index is 844. The van der Waals surface area contributed by atoms with Crippen LogP contribution in [0.3, 0.4) is 0 Å². The Morgan fingerprint density at radius 2 is 2.00 bits per heavy atom. The van der Waals surface area contributed by atoms with Crippen LogP contribution in [-0.2, 0) is 0 Å². The van der Waals surface area contributed by atoms with Crippen molar-refractivity contribution >= 4 is 39.1 Å². The second-order valence-electron chi connectivity index (χ2n) is 5.71. The van der Waals surface area contributed by atoms with Crippen LogP contribution in [0.1, 0.15) is 21.3 Å². The highest BCUT2D eigenvalue weighted by atomic mass is 79.9. The zero-order chi connectivity index (χ0) is 19.1. The van der Waals surface area contributed by atoms with Gasteiger partial charge < -0.3 is 15.7 Å². The molecule has 138 valence electrons. The number of alkyl halides is 3. The number of urea groups is 1. The summed E-state index contributed by atoms with van der Waals surface area (Å²) in [7, 11) is 0. The summed E-state index contributed by atoms with van der Waals surface area (Å²) in [6, 6.07) is 6.48. The number of Topliss-reactive ketones (excluding diaryl/α,β-unsaturated/α-hetero) is 1. The monoisotopic (exact) mass is 448 g/mol. The Kier molecular flexibility index (Phi) is 4.84. The number of nitrogens with one attached hydrogen (secondary N) is 2. The summed E-state index contributed by atoms with van der Waals surface area (Å²) in [5.41, 5.74) is -3.45. The van der Waals surface area contributed by atoms with E-state index in [-0.39, 0.29) is 10.4 Å². The van der Waals surface area contributed by atoms with Crippen LogP contribution in [0.4, 0.5) is 18.0 Å². The van der Waals surface area contributed by atoms with Gasteiger partial charge in [0.05, 0.1) is 10.9 Å². The second kappa shape index (κ2) is 6.67. The molecule has 1 fully saturated rings. The summed E-state index contributed by atoms with van der Waals surface area (Å²) in [5, 5.41) is 15.8. The second-order valence-corrected chi connectivity index (χ2v) is 7.58. The van der Waals surface area contributed by atoms with E-state index in [1.54, 1.807) is 17.5 Å². The van der Waals surface area contributed by atoms with Crippen LogP contribution in [-0.4, -0.2) is 28.8 Å². The maximum Gasteiger partial charge on any atom is 0.437 e. The van der Waals surface area contributed by atoms with Crippen LogP contribution >= 0.6 is 27.3 Å². The smallest absolute Gasteiger partial charge is 0.363 e. The zero-order valence-electron chi connectivity index (χ0n) is 12.9. The lowest BCUT2D eigenvalue weighted by Crippen LogP contribution is -2.72. The molecule has 1 aliphatic rings. The highest BCUT2D eigenvalue weighted by molar-refractivity contribution is 9.10. The third kappa shape index (κ3) is 3.24. The van der Waals surface area contributed by atoms with Crippen molar-refractivity contribution in [2.24, 2.45) is 5.92 Å². The molecule has 2 aromatic rings. The number of thiophene rings is 1. The van der Waals surface area contributed by atoms with E-state index < -0.39 is 35.7 Å². The fourth-order valence-electron chi connectivity index (χ4n) is 2.89. The molecule has 0 bridgehead atoms. The summed E-state index contributed by atoms with van der Waals surface area (Å²) in [5.74, 6) is -2.93. The number of aliphatic hydroxyl groups is 1. The van der Waals surface area contributed by atoms with Gasteiger partial charge >= 0.3 is 12.2 Å². The Morgan fingerprint density at radius 3 is 2.58 bits per heavy atom. The first-order valence-electron chi connectivity index (χ1n) is 7.34. The number of rotatable bonds is 3. The summed E-state index contributed by atoms with van der Waals surface area (Å²) in [6.07, 6.45) is -5.26. The summed E-state index contributed by atoms with van der Waals surface area (Å²) in [4.78, 5) is 24.7. The molecular formula is C16H12BrF3N2O3S. The third-order valence-electron chi connectivity index (χ3n) is 4.06. The molecule has 2 amide bonds. The summed E-state index contributed by atoms with van der Waals surface area (Å²) < 4.78 is 41.6. The first-order valence-corrected chi connectivity index (χ1v) is 9.02. The fourth-order valence-corrected chi connectivity index (χ4v) is 4.01. The lowest BCUT2D eigenvalue weighted by Gasteiger charge is -2.44. The Labute approximate surface area is 158 Å². The van der Waals surface area contributed by atoms with Gasteiger partial charge in [0.15, 0.2) is 5.78 Å². The molecule has 0 saturated carbocycles. The van der Waals surface area contributed by atoms with Gasteiger partial charge in [0.2, 0.25) is 5.72 Å². The number of amides is 2. The predicted octanol–water partition coefficient (Wildman–Crippen LogP) is 3.61. The maximum absolute atomic E-state index is 13.7. The largest absolute Gasteiger partial charge is 0.437 e. The standard InChI is InChI=1S/C16H12BrF3N2O3S/c17-9-4-1-3-8(7-9)12-11(13(23)10-5-2-6-26-10)15(25,16(18,19)20)22-14(24)21-12/h1-7,11-12,25H,(H2,21,22,24)/t11-,12+,15+/m1/s1. The van der Waals surface area contributed by atoms with E-state index >= 15 is 0 Å². The van der Waals surface area contributed by atoms with Crippen molar-refractivity contribution in [3.63, 3.8) is 0 Å². The molecule has 3 rings (SSSR count). The van der Waals surface area contributed by atoms with Crippen molar-refractivity contribution in [1.82, 2.24) is 10.6 Å². The van der Waals surface area contributed by atoms with E-state index in [4.69, 9.17) is 0 Å². The van der Waals surface area contributed by atoms with E-state index in [0.29, 0.717) is 4.47 Å². The first kappa shape index (κ1) is 18.9. The topological polar surface area (TPSA) is 78.4 Å². The fraction of sp³-hybridized carbons (Fsp3) is 0.250. The molecule has 0 radical (unpaired) electrons. The number of benzene rings is 1. The van der Waals surface area contributed by atoms with Gasteiger partial charge in [-0.25, -0.2) is 4.79 Å². The van der Waals surface area contributed by atoms with Gasteiger partial charge in [-0.3, -0.25) is 4.79 Å². The van der Waals surface area contributed by atoms with Gasteiger partial charge in [-0.2, -0.15) is 13.2 Å². The highest BCUT2D eigenvalue weighted by Crippen LogP contribution is 2.44. The molecule has 2 heterocycles. The van der Waals surface area contributed by atoms with Gasteiger partial charge in [-0.05, 0) is 29.1 Å². The molecule has 3 atom stereocenters. The number of ketones is 1. The molecule has 1 saturated heterocycles. The highest BCUT2D eigenvalue weighted by Gasteiger charge is 2.66. The van der Waals surface area contributed by atoms with E-state index in [0.717, 1.165) is 11.3 Å². The molecule has 0 unspecified atom stereocenters. The predicted molar refractivity (Wildman–Crippen MR) is 91.7 cm³/mol. The Balaban J connectivity index is 2.16. The molecule has 5 nitrogen and oxygen atoms in total. The molecule has 26 heavy (non-hydrogen) atoms. The van der Waals surface area contributed by atoms with Crippen LogP contribution in [0, 0.1) is 5.92 Å². The Hall–Kier alpha value is -1.91. The minimum absolute atomic E-state index is 0.0515. The minimum atomic E-state index is -5.26. The van der Waals surface area contributed by atoms with Crippen molar-refractivity contribution in [1.29, 1.82) is 0 Å². The van der Waals surface area contributed by atoms with Crippen molar-refractivity contribution in [2.45, 2.75) is 17.9 Å². The zero-order valence-corrected chi connectivity index (χ0v) is 15.3. The molecule has 1 aromatic heterocycles. The van der Waals surface area contributed by atoms with Crippen molar-refractivity contribution in [3.05, 3.63) is 56.7 Å². The minimum Gasteiger partial charge on any atom is -0.363 e. The van der Waals surface area contributed by atoms with Crippen molar-refractivity contribution in [2.75, 3.05) is 0 Å². The Morgan fingerprint density at radius 1 is 1.27 bits per heavy atom. The molecular weight excluding hydrogens is 437 g/mol. The van der Waals surface area contributed by atoms with Crippen LogP contribution in [0.5, 0.6) is 0 Å². The van der Waals surface area contributed by atoms with Crippen LogP contribution < -0.4 is 10.6 Å². The SMILES string of the molecule is O=C1N[C@@H](c2cccc(Br)c2)[C@H](C(=O)c2cccs2)[C@](O)(C(F)(F)F)N1. The van der Waals surface area contributed by atoms with Gasteiger partial charge in [0.25, 0.3) is 0 Å². The number of carbonyl (C=O) groups excluding carboxylic acids is 2. The molecule has 1 aliphatic heterocycles. The normalized spacial score (nSPS) is 26.1. The lowest BCUT2D eigenvalue weighted by atomic mass is 9.78. The van der Waals surface area contributed by atoms with Crippen LogP contribution in [0.15, 0.2) is 46.3 Å². The van der Waals surface area contributed by atoms with Gasteiger partial charge in [0, 0.05) is 4.47 Å². The van der Waals surface area contributed by atoms with E-state index in [2.05, 4.69) is 21.2 Å². The maximum atomic E-state index is 13.7. The van der Waals surface area contributed by atoms with Crippen molar-refractivity contribution < 1.29 is 27.9 Å². The molecule has 0 aliphatic carbocycles. The van der Waals surface area contributed by atoms with Gasteiger partial charge in [-0.15, -0.1) is 11.3 Å². The van der Waals surface area contributed by atoms with Crippen LogP contribution in [0.2, 0.25) is 0 Å².